The molecule has 3 aliphatic heterocycles. The first-order valence-electron chi connectivity index (χ1n) is 43.5. The predicted molar refractivity (Wildman–Crippen MR) is 451 cm³/mol. The molecule has 26 heteroatoms. The predicted octanol–water partition coefficient (Wildman–Crippen LogP) is 15.0. The van der Waals surface area contributed by atoms with E-state index < -0.39 is 187 Å². The van der Waals surface area contributed by atoms with Gasteiger partial charge in [0.05, 0.1) is 62.5 Å². The van der Waals surface area contributed by atoms with Gasteiger partial charge in [-0.2, -0.15) is 0 Å². The normalized spacial score (nSPS) is 31.2. The maximum Gasteiger partial charge on any atom is 0.338 e. The van der Waals surface area contributed by atoms with E-state index in [1.165, 1.54) is 93.6 Å². The molecule has 3 saturated heterocycles. The van der Waals surface area contributed by atoms with Crippen molar-refractivity contribution in [3.05, 3.63) is 227 Å². The molecule has 0 amide bonds. The summed E-state index contributed by atoms with van der Waals surface area (Å²) in [4.78, 5) is 146. The van der Waals surface area contributed by atoms with Crippen LogP contribution in [0, 0.1) is 57.2 Å². The van der Waals surface area contributed by atoms with Crippen LogP contribution < -0.4 is 0 Å². The fraction of sp³-hybridized carbons (Fsp3) is 0.515. The van der Waals surface area contributed by atoms with Crippen LogP contribution in [0.2, 0.25) is 0 Å². The lowest BCUT2D eigenvalue weighted by Crippen LogP contribution is -2.68. The third-order valence-electron chi connectivity index (χ3n) is 26.0. The molecule has 3 saturated carbocycles. The van der Waals surface area contributed by atoms with Gasteiger partial charge in [-0.3, -0.25) is 19.2 Å². The van der Waals surface area contributed by atoms with Gasteiger partial charge >= 0.3 is 53.7 Å². The molecule has 13 rings (SSSR count). The van der Waals surface area contributed by atoms with E-state index in [0.717, 1.165) is 18.4 Å². The van der Waals surface area contributed by atoms with Gasteiger partial charge in [0.2, 0.25) is 0 Å². The highest BCUT2D eigenvalue weighted by Crippen LogP contribution is 2.68. The fourth-order valence-electron chi connectivity index (χ4n) is 19.2. The molecule has 6 aromatic rings. The molecular formula is C99H116O26. The summed E-state index contributed by atoms with van der Waals surface area (Å²) in [6, 6.07) is 47.5. The summed E-state index contributed by atoms with van der Waals surface area (Å²) >= 11 is 0. The summed E-state index contributed by atoms with van der Waals surface area (Å²) in [5.41, 5.74) is -1.95. The summed E-state index contributed by atoms with van der Waals surface area (Å²) in [6.45, 7) is 21.9. The monoisotopic (exact) mass is 1720 g/mol. The number of Topliss-reactive ketones (excluding diaryl/α,β-unsaturated/α-hetero) is 1. The Labute approximate surface area is 729 Å². The number of carbonyl (C=O) groups is 10. The highest BCUT2D eigenvalue weighted by Gasteiger charge is 2.65. The first-order valence-corrected chi connectivity index (χ1v) is 43.5. The van der Waals surface area contributed by atoms with Gasteiger partial charge in [0.15, 0.2) is 67.7 Å². The van der Waals surface area contributed by atoms with E-state index in [-0.39, 0.29) is 80.8 Å². The van der Waals surface area contributed by atoms with Crippen molar-refractivity contribution in [3.63, 3.8) is 0 Å². The fourth-order valence-corrected chi connectivity index (χ4v) is 19.2. The van der Waals surface area contributed by atoms with Crippen LogP contribution in [0.25, 0.3) is 0 Å². The Kier molecular flexibility index (Phi) is 29.3. The van der Waals surface area contributed by atoms with Crippen LogP contribution in [-0.2, 0) is 90.2 Å². The minimum atomic E-state index is -2.00. The molecule has 0 unspecified atom stereocenters. The Balaban J connectivity index is 0.949. The molecule has 668 valence electrons. The molecule has 0 radical (unpaired) electrons. The largest absolute Gasteiger partial charge is 0.462 e. The van der Waals surface area contributed by atoms with E-state index in [1.807, 2.05) is 13.8 Å². The molecule has 4 aliphatic carbocycles. The second-order valence-electron chi connectivity index (χ2n) is 36.8. The summed E-state index contributed by atoms with van der Waals surface area (Å²) < 4.78 is 102. The number of hydrogen-bond donors (Lipinski definition) is 1. The van der Waals surface area contributed by atoms with Crippen molar-refractivity contribution in [1.82, 2.24) is 0 Å². The number of aliphatic hydroxyl groups is 1. The highest BCUT2D eigenvalue weighted by atomic mass is 16.8. The van der Waals surface area contributed by atoms with E-state index in [9.17, 15) is 38.7 Å². The van der Waals surface area contributed by atoms with E-state index >= 15 is 14.4 Å². The van der Waals surface area contributed by atoms with Gasteiger partial charge in [0.1, 0.15) is 30.7 Å². The molecule has 26 nitrogen and oxygen atoms in total. The lowest BCUT2D eigenvalue weighted by atomic mass is 9.47. The van der Waals surface area contributed by atoms with Crippen molar-refractivity contribution < 1.29 is 124 Å². The van der Waals surface area contributed by atoms with Crippen LogP contribution in [0.1, 0.15) is 210 Å². The topological polar surface area (TPSA) is 329 Å². The van der Waals surface area contributed by atoms with Gasteiger partial charge in [-0.25, -0.2) is 28.8 Å². The lowest BCUT2D eigenvalue weighted by molar-refractivity contribution is -0.388. The van der Waals surface area contributed by atoms with Crippen LogP contribution in [-0.4, -0.2) is 182 Å². The van der Waals surface area contributed by atoms with E-state index in [1.54, 1.807) is 151 Å². The smallest absolute Gasteiger partial charge is 0.338 e. The molecule has 6 fully saturated rings. The van der Waals surface area contributed by atoms with Crippen molar-refractivity contribution in [1.29, 1.82) is 0 Å². The number of fused-ring (bicyclic) bond motifs is 5. The molecule has 1 N–H and O–H groups in total. The van der Waals surface area contributed by atoms with Crippen molar-refractivity contribution >= 4 is 59.5 Å². The SMILES string of the molecule is CC(=O)O[C@H]1C[C@H]2[C@@H]3CC=C4C[C@@H](O[C@@H]5O[C@H](COC(=O)C(C)(C)C)[C@@H](O[C@@H]6O[C@@H](C)[C@H](OC(=O)c7ccccc7)[C@@H](OC(=O)c7ccccc7)[C@H]6OC(=O)c6ccccc6)[C@H](OC(=O)C(C)(C)C)[C@H]5O[C@@H]5O[C@@H](C)[C@H](OC(=O)c6ccccc6)[C@@H](OC(=O)c6ccccc6)[C@H]5OC(=O)c5ccccc5)CC[C@]4(C)[C@H]3CC[C@]2(C)[C@H]1[C@H](C)C(=O)CC[C@@H](C)CO. The zero-order chi connectivity index (χ0) is 89.4. The number of benzene rings is 6. The van der Waals surface area contributed by atoms with Crippen molar-refractivity contribution in [2.75, 3.05) is 13.2 Å². The van der Waals surface area contributed by atoms with Gasteiger partial charge < -0.3 is 76.2 Å². The zero-order valence-electron chi connectivity index (χ0n) is 73.1. The van der Waals surface area contributed by atoms with Gasteiger partial charge in [0.25, 0.3) is 0 Å². The van der Waals surface area contributed by atoms with Crippen molar-refractivity contribution in [2.24, 2.45) is 57.2 Å². The Morgan fingerprint density at radius 3 is 1.26 bits per heavy atom. The number of aliphatic hydroxyl groups excluding tert-OH is 1. The minimum absolute atomic E-state index is 0.00856. The quantitative estimate of drug-likeness (QED) is 0.0271. The van der Waals surface area contributed by atoms with E-state index in [0.29, 0.717) is 44.9 Å². The zero-order valence-corrected chi connectivity index (χ0v) is 73.1. The Hall–Kier alpha value is -10.3. The maximum absolute atomic E-state index is 15.6. The minimum Gasteiger partial charge on any atom is -0.462 e. The summed E-state index contributed by atoms with van der Waals surface area (Å²) in [7, 11) is 0. The van der Waals surface area contributed by atoms with Crippen LogP contribution in [0.15, 0.2) is 194 Å². The van der Waals surface area contributed by atoms with E-state index in [2.05, 4.69) is 19.9 Å². The average molecular weight is 1720 g/mol. The Morgan fingerprint density at radius 1 is 0.456 bits per heavy atom. The molecule has 3 heterocycles. The number of hydrogen-bond acceptors (Lipinski definition) is 26. The molecule has 0 aromatic heterocycles. The summed E-state index contributed by atoms with van der Waals surface area (Å²) in [5, 5.41) is 9.90. The van der Waals surface area contributed by atoms with E-state index in [4.69, 9.17) is 71.1 Å². The Bertz CT molecular complexity index is 4780. The van der Waals surface area contributed by atoms with Crippen LogP contribution in [0.4, 0.5) is 0 Å². The molecule has 7 aliphatic rings. The number of esters is 9. The molecular weight excluding hydrogens is 1610 g/mol. The van der Waals surface area contributed by atoms with Gasteiger partial charge in [-0.15, -0.1) is 0 Å². The Morgan fingerprint density at radius 2 is 0.848 bits per heavy atom. The molecule has 0 bridgehead atoms. The molecule has 6 aromatic carbocycles. The summed E-state index contributed by atoms with van der Waals surface area (Å²) in [6.07, 6.45) is -20.7. The number of ketones is 1. The number of allylic oxidation sites excluding steroid dienone is 1. The van der Waals surface area contributed by atoms with Crippen LogP contribution in [0.3, 0.4) is 0 Å². The standard InChI is InChI=1S/C99H116O26/c1-56(54-100)44-47-72(102)57(2)75-73(114-60(5)101)53-71-69-46-45-67-52-68(48-50-98(67,12)70(69)49-51-99(71,75)13)115-93-84(124-92-83(122-90(108)66-42-30-19-31-43-66)80(120-88(106)64-38-26-17-27-39-64)77(59(4)113-92)118-86(104)62-34-22-15-23-35-62)81(125-95(110)97(9,10)11)78(74(116-93)55-111-94(109)96(6,7)8)123-91-82(121-89(107)65-40-28-18-29-41-65)79(119-87(105)63-36-24-16-25-37-63)76(58(3)112-91)117-85(103)61-32-20-14-21-33-61/h14-43,45,56-59,68-71,73-84,91-93,100H,44,46-55H2,1-13H3/t56-,57-,58+,59+,68+,69-,70+,71+,73+,74-,75+,76+,77+,78-,79-,80-,81+,82-,83-,84-,91+,92+,93-,98+,99+/m1/s1. The first kappa shape index (κ1) is 92.4. The van der Waals surface area contributed by atoms with Crippen molar-refractivity contribution in [3.8, 4) is 0 Å². The van der Waals surface area contributed by atoms with Gasteiger partial charge in [0, 0.05) is 31.8 Å². The first-order chi connectivity index (χ1) is 59.6. The van der Waals surface area contributed by atoms with Gasteiger partial charge in [-0.1, -0.05) is 149 Å². The average Bonchev–Trinajstić information content (AvgIpc) is 1.61. The van der Waals surface area contributed by atoms with Crippen molar-refractivity contribution in [2.45, 2.75) is 252 Å². The highest BCUT2D eigenvalue weighted by molar-refractivity contribution is 5.93. The second-order valence-corrected chi connectivity index (χ2v) is 36.8. The van der Waals surface area contributed by atoms with Crippen LogP contribution in [0.5, 0.6) is 0 Å². The van der Waals surface area contributed by atoms with Crippen LogP contribution >= 0.6 is 0 Å². The number of rotatable bonds is 28. The third-order valence-corrected chi connectivity index (χ3v) is 26.0. The van der Waals surface area contributed by atoms with Gasteiger partial charge in [-0.05, 0) is 214 Å². The third kappa shape index (κ3) is 21.2. The molecule has 125 heavy (non-hydrogen) atoms. The molecule has 25 atom stereocenters. The lowest BCUT2D eigenvalue weighted by Gasteiger charge is -2.58. The number of ether oxygens (including phenoxy) is 15. The maximum atomic E-state index is 15.6. The summed E-state index contributed by atoms with van der Waals surface area (Å²) in [5.74, 6) is -7.99. The number of carbonyl (C=O) groups excluding carboxylic acids is 10. The second kappa shape index (κ2) is 39.7. The molecule has 0 spiro atoms.